The van der Waals surface area contributed by atoms with Crippen LogP contribution in [0.2, 0.25) is 0 Å². The average Bonchev–Trinajstić information content (AvgIpc) is 2.71. The maximum absolute atomic E-state index is 11.5. The second kappa shape index (κ2) is 6.49. The summed E-state index contributed by atoms with van der Waals surface area (Å²) in [4.78, 5) is 4.49. The van der Waals surface area contributed by atoms with Gasteiger partial charge in [0.25, 0.3) is 0 Å². The van der Waals surface area contributed by atoms with E-state index in [0.717, 1.165) is 32.6 Å². The Hall–Kier alpha value is -0.210. The molecule has 2 aliphatic rings. The lowest BCUT2D eigenvalue weighted by molar-refractivity contribution is 0.0196. The summed E-state index contributed by atoms with van der Waals surface area (Å²) in [5, 5.41) is 9.69. The fourth-order valence-electron chi connectivity index (χ4n) is 2.92. The van der Waals surface area contributed by atoms with Crippen molar-refractivity contribution in [1.82, 2.24) is 9.80 Å². The lowest BCUT2D eigenvalue weighted by atomic mass is 10.2. The molecule has 2 aliphatic heterocycles. The Kier molecular flexibility index (Phi) is 5.19. The van der Waals surface area contributed by atoms with Crippen LogP contribution in [0.4, 0.5) is 0 Å². The Morgan fingerprint density at radius 1 is 1.32 bits per heavy atom. The monoisotopic (exact) mass is 292 g/mol. The molecule has 0 aliphatic carbocycles. The normalized spacial score (nSPS) is 30.5. The molecule has 2 atom stereocenters. The van der Waals surface area contributed by atoms with Crippen molar-refractivity contribution < 1.29 is 18.3 Å². The van der Waals surface area contributed by atoms with Gasteiger partial charge in [0.1, 0.15) is 0 Å². The molecule has 2 fully saturated rings. The number of ether oxygens (including phenoxy) is 1. The zero-order valence-corrected chi connectivity index (χ0v) is 12.3. The Morgan fingerprint density at radius 2 is 2.00 bits per heavy atom. The van der Waals surface area contributed by atoms with Crippen LogP contribution in [0.15, 0.2) is 0 Å². The molecule has 0 spiro atoms. The Labute approximate surface area is 115 Å². The number of aliphatic hydroxyl groups excluding tert-OH is 1. The van der Waals surface area contributed by atoms with Gasteiger partial charge in [0, 0.05) is 45.9 Å². The van der Waals surface area contributed by atoms with E-state index in [4.69, 9.17) is 4.74 Å². The van der Waals surface area contributed by atoms with E-state index in [1.807, 2.05) is 0 Å². The van der Waals surface area contributed by atoms with E-state index in [9.17, 15) is 13.5 Å². The molecule has 6 nitrogen and oxygen atoms in total. The van der Waals surface area contributed by atoms with Crippen LogP contribution >= 0.6 is 0 Å². The summed E-state index contributed by atoms with van der Waals surface area (Å²) in [6.07, 6.45) is 0.331. The van der Waals surface area contributed by atoms with Gasteiger partial charge in [0.05, 0.1) is 24.2 Å². The number of rotatable bonds is 5. The van der Waals surface area contributed by atoms with Gasteiger partial charge in [-0.3, -0.25) is 9.80 Å². The second-order valence-electron chi connectivity index (χ2n) is 5.50. The molecule has 7 heteroatoms. The van der Waals surface area contributed by atoms with Gasteiger partial charge < -0.3 is 9.84 Å². The Morgan fingerprint density at radius 3 is 2.53 bits per heavy atom. The summed E-state index contributed by atoms with van der Waals surface area (Å²) >= 11 is 0. The van der Waals surface area contributed by atoms with E-state index in [0.29, 0.717) is 24.7 Å². The van der Waals surface area contributed by atoms with E-state index in [1.165, 1.54) is 0 Å². The largest absolute Gasteiger partial charge is 0.389 e. The Balaban J connectivity index is 1.74. The summed E-state index contributed by atoms with van der Waals surface area (Å²) in [5.74, 6) is 0.656. The van der Waals surface area contributed by atoms with Crippen LogP contribution < -0.4 is 0 Å². The molecule has 0 aromatic carbocycles. The van der Waals surface area contributed by atoms with E-state index < -0.39 is 15.9 Å². The molecular weight excluding hydrogens is 268 g/mol. The first kappa shape index (κ1) is 15.2. The summed E-state index contributed by atoms with van der Waals surface area (Å²) in [6, 6.07) is 0.205. The molecular formula is C12H24N2O4S. The van der Waals surface area contributed by atoms with Gasteiger partial charge in [-0.25, -0.2) is 8.42 Å². The molecule has 1 N–H and O–H groups in total. The molecule has 2 rings (SSSR count). The van der Waals surface area contributed by atoms with Crippen LogP contribution in [-0.4, -0.2) is 93.4 Å². The molecule has 0 aromatic rings. The van der Waals surface area contributed by atoms with Gasteiger partial charge in [-0.2, -0.15) is 0 Å². The quantitative estimate of drug-likeness (QED) is 0.686. The number of nitrogens with zero attached hydrogens (tertiary/aromatic N) is 2. The van der Waals surface area contributed by atoms with Crippen molar-refractivity contribution >= 4 is 9.84 Å². The summed E-state index contributed by atoms with van der Waals surface area (Å²) in [5.41, 5.74) is 0. The minimum atomic E-state index is -2.80. The van der Waals surface area contributed by atoms with Crippen LogP contribution in [0.5, 0.6) is 0 Å². The third kappa shape index (κ3) is 4.39. The molecule has 0 saturated carbocycles. The molecule has 19 heavy (non-hydrogen) atoms. The third-order valence-corrected chi connectivity index (χ3v) is 5.71. The molecule has 0 amide bonds. The van der Waals surface area contributed by atoms with Crippen molar-refractivity contribution in [3.05, 3.63) is 0 Å². The van der Waals surface area contributed by atoms with E-state index in [2.05, 4.69) is 9.80 Å². The minimum Gasteiger partial charge on any atom is -0.389 e. The van der Waals surface area contributed by atoms with Crippen molar-refractivity contribution in [2.24, 2.45) is 0 Å². The number of hydrogen-bond donors (Lipinski definition) is 1. The van der Waals surface area contributed by atoms with Gasteiger partial charge in [-0.05, 0) is 6.42 Å². The Bertz CT molecular complexity index is 379. The van der Waals surface area contributed by atoms with E-state index in [1.54, 1.807) is 7.11 Å². The van der Waals surface area contributed by atoms with Gasteiger partial charge in [-0.15, -0.1) is 0 Å². The first-order valence-corrected chi connectivity index (χ1v) is 8.66. The molecule has 2 saturated heterocycles. The first-order chi connectivity index (χ1) is 9.00. The molecule has 0 bridgehead atoms. The maximum Gasteiger partial charge on any atom is 0.151 e. The topological polar surface area (TPSA) is 70.1 Å². The van der Waals surface area contributed by atoms with Gasteiger partial charge in [0.2, 0.25) is 0 Å². The number of β-amino-alcohol motifs (C(OH)–C–C–N with tert-alkyl or cyclic N) is 1. The highest BCUT2D eigenvalue weighted by Crippen LogP contribution is 2.19. The van der Waals surface area contributed by atoms with Crippen LogP contribution in [0.3, 0.4) is 0 Å². The third-order valence-electron chi connectivity index (χ3n) is 3.96. The van der Waals surface area contributed by atoms with Crippen molar-refractivity contribution in [2.45, 2.75) is 18.6 Å². The number of methoxy groups -OCH3 is 1. The highest BCUT2D eigenvalue weighted by molar-refractivity contribution is 7.91. The molecule has 0 unspecified atom stereocenters. The molecule has 112 valence electrons. The van der Waals surface area contributed by atoms with Crippen LogP contribution in [0.1, 0.15) is 6.42 Å². The first-order valence-electron chi connectivity index (χ1n) is 6.84. The minimum absolute atomic E-state index is 0.205. The molecule has 2 heterocycles. The molecule has 0 radical (unpaired) electrons. The summed E-state index contributed by atoms with van der Waals surface area (Å²) in [6.45, 7) is 4.54. The number of hydrogen-bond acceptors (Lipinski definition) is 6. The lowest BCUT2D eigenvalue weighted by Gasteiger charge is -2.38. The standard InChI is InChI=1S/C12H24N2O4S/c1-18-9-12(15)8-13-3-5-14(6-4-13)11-2-7-19(16,17)10-11/h11-12,15H,2-10H2,1H3/t11-,12-/m1/s1. The SMILES string of the molecule is COC[C@H](O)CN1CCN([C@@H]2CCS(=O)(=O)C2)CC1. The van der Waals surface area contributed by atoms with Crippen molar-refractivity contribution in [3.63, 3.8) is 0 Å². The summed E-state index contributed by atoms with van der Waals surface area (Å²) in [7, 11) is -1.21. The lowest BCUT2D eigenvalue weighted by Crippen LogP contribution is -2.52. The van der Waals surface area contributed by atoms with Crippen LogP contribution in [0.25, 0.3) is 0 Å². The molecule has 0 aromatic heterocycles. The van der Waals surface area contributed by atoms with Gasteiger partial charge in [-0.1, -0.05) is 0 Å². The number of piperazine rings is 1. The van der Waals surface area contributed by atoms with Crippen LogP contribution in [0, 0.1) is 0 Å². The maximum atomic E-state index is 11.5. The zero-order valence-electron chi connectivity index (χ0n) is 11.5. The second-order valence-corrected chi connectivity index (χ2v) is 7.73. The van der Waals surface area contributed by atoms with E-state index >= 15 is 0 Å². The fraction of sp³-hybridized carbons (Fsp3) is 1.00. The highest BCUT2D eigenvalue weighted by Gasteiger charge is 2.33. The predicted molar refractivity (Wildman–Crippen MR) is 73.0 cm³/mol. The van der Waals surface area contributed by atoms with Gasteiger partial charge in [0.15, 0.2) is 9.84 Å². The predicted octanol–water partition coefficient (Wildman–Crippen LogP) is -1.20. The number of sulfone groups is 1. The highest BCUT2D eigenvalue weighted by atomic mass is 32.2. The fourth-order valence-corrected chi connectivity index (χ4v) is 4.68. The van der Waals surface area contributed by atoms with Crippen LogP contribution in [-0.2, 0) is 14.6 Å². The van der Waals surface area contributed by atoms with E-state index in [-0.39, 0.29) is 6.04 Å². The van der Waals surface area contributed by atoms with Gasteiger partial charge >= 0.3 is 0 Å². The van der Waals surface area contributed by atoms with Crippen molar-refractivity contribution in [3.8, 4) is 0 Å². The smallest absolute Gasteiger partial charge is 0.151 e. The number of aliphatic hydroxyl groups is 1. The average molecular weight is 292 g/mol. The van der Waals surface area contributed by atoms with Crippen molar-refractivity contribution in [1.29, 1.82) is 0 Å². The summed E-state index contributed by atoms with van der Waals surface area (Å²) < 4.78 is 27.9. The van der Waals surface area contributed by atoms with Crippen molar-refractivity contribution in [2.75, 3.05) is 57.9 Å². The zero-order chi connectivity index (χ0) is 13.9.